The molecule has 88 valence electrons. The van der Waals surface area contributed by atoms with Gasteiger partial charge in [0.1, 0.15) is 10.9 Å². The third-order valence-electron chi connectivity index (χ3n) is 2.45. The van der Waals surface area contributed by atoms with E-state index in [1.54, 1.807) is 17.4 Å². The van der Waals surface area contributed by atoms with Crippen LogP contribution in [0.4, 0.5) is 0 Å². The Morgan fingerprint density at radius 3 is 2.89 bits per heavy atom. The van der Waals surface area contributed by atoms with Crippen molar-refractivity contribution < 1.29 is 4.52 Å². The molecule has 0 aliphatic rings. The first kappa shape index (κ1) is 11.1. The van der Waals surface area contributed by atoms with Gasteiger partial charge in [0, 0.05) is 10.9 Å². The maximum absolute atomic E-state index is 8.78. The molecule has 0 bridgehead atoms. The Hall–Kier alpha value is -1.97. The molecule has 0 aromatic carbocycles. The molecule has 0 unspecified atom stereocenters. The molecule has 0 N–H and O–H groups in total. The van der Waals surface area contributed by atoms with Crippen molar-refractivity contribution in [3.05, 3.63) is 33.3 Å². The van der Waals surface area contributed by atoms with E-state index in [1.165, 1.54) is 11.3 Å². The number of thiophene rings is 2. The van der Waals surface area contributed by atoms with Crippen LogP contribution in [0.5, 0.6) is 0 Å². The maximum atomic E-state index is 8.78. The Balaban J connectivity index is 1.99. The average molecular weight is 273 g/mol. The lowest BCUT2D eigenvalue weighted by atomic mass is 10.2. The van der Waals surface area contributed by atoms with Crippen LogP contribution in [-0.2, 0) is 0 Å². The Bertz CT molecular complexity index is 732. The number of nitrogens with zero attached hydrogens (tertiary/aromatic N) is 3. The highest BCUT2D eigenvalue weighted by molar-refractivity contribution is 7.15. The van der Waals surface area contributed by atoms with E-state index in [4.69, 9.17) is 9.78 Å². The van der Waals surface area contributed by atoms with Crippen LogP contribution in [0.1, 0.15) is 10.4 Å². The molecule has 0 aliphatic heterocycles. The minimum Gasteiger partial charge on any atom is -0.333 e. The molecule has 0 atom stereocenters. The van der Waals surface area contributed by atoms with Crippen LogP contribution in [0, 0.1) is 18.3 Å². The van der Waals surface area contributed by atoms with Gasteiger partial charge in [0.25, 0.3) is 5.89 Å². The topological polar surface area (TPSA) is 62.7 Å². The van der Waals surface area contributed by atoms with Gasteiger partial charge in [-0.3, -0.25) is 0 Å². The zero-order chi connectivity index (χ0) is 12.5. The zero-order valence-electron chi connectivity index (χ0n) is 9.38. The molecule has 3 rings (SSSR count). The summed E-state index contributed by atoms with van der Waals surface area (Å²) in [6, 6.07) is 5.66. The molecule has 0 amide bonds. The summed E-state index contributed by atoms with van der Waals surface area (Å²) < 4.78 is 5.23. The molecular formula is C12H7N3OS2. The molecule has 0 spiro atoms. The molecule has 0 saturated heterocycles. The van der Waals surface area contributed by atoms with Gasteiger partial charge in [0.2, 0.25) is 5.82 Å². The molecule has 0 fully saturated rings. The van der Waals surface area contributed by atoms with Crippen LogP contribution in [0.15, 0.2) is 27.4 Å². The van der Waals surface area contributed by atoms with Crippen LogP contribution in [0.3, 0.4) is 0 Å². The molecule has 3 heterocycles. The fraction of sp³-hybridized carbons (Fsp3) is 0.0833. The third-order valence-corrected chi connectivity index (χ3v) is 4.29. The summed E-state index contributed by atoms with van der Waals surface area (Å²) in [4.78, 5) is 5.81. The highest BCUT2D eigenvalue weighted by Gasteiger charge is 2.14. The molecule has 4 nitrogen and oxygen atoms in total. The number of hydrogen-bond acceptors (Lipinski definition) is 6. The van der Waals surface area contributed by atoms with Crippen molar-refractivity contribution in [2.75, 3.05) is 0 Å². The lowest BCUT2D eigenvalue weighted by molar-refractivity contribution is 0.433. The van der Waals surface area contributed by atoms with Gasteiger partial charge in [-0.25, -0.2) is 0 Å². The highest BCUT2D eigenvalue weighted by Crippen LogP contribution is 2.30. The van der Waals surface area contributed by atoms with Gasteiger partial charge < -0.3 is 4.52 Å². The normalized spacial score (nSPS) is 10.4. The molecule has 6 heteroatoms. The SMILES string of the molecule is Cc1cscc1-c1noc(-c2ccc(C#N)s2)n1. The second-order valence-electron chi connectivity index (χ2n) is 3.67. The summed E-state index contributed by atoms with van der Waals surface area (Å²) in [5, 5.41) is 16.8. The summed E-state index contributed by atoms with van der Waals surface area (Å²) in [5.74, 6) is 1.05. The predicted octanol–water partition coefficient (Wildman–Crippen LogP) is 3.71. The van der Waals surface area contributed by atoms with Gasteiger partial charge in [0.05, 0.1) is 4.88 Å². The summed E-state index contributed by atoms with van der Waals surface area (Å²) in [6.07, 6.45) is 0. The van der Waals surface area contributed by atoms with Crippen molar-refractivity contribution in [3.63, 3.8) is 0 Å². The van der Waals surface area contributed by atoms with E-state index in [-0.39, 0.29) is 0 Å². The number of nitriles is 1. The lowest BCUT2D eigenvalue weighted by Crippen LogP contribution is -1.79. The van der Waals surface area contributed by atoms with Gasteiger partial charge in [-0.1, -0.05) is 5.16 Å². The summed E-state index contributed by atoms with van der Waals surface area (Å²) in [7, 11) is 0. The molecule has 0 saturated carbocycles. The monoisotopic (exact) mass is 273 g/mol. The minimum atomic E-state index is 0.460. The maximum Gasteiger partial charge on any atom is 0.268 e. The minimum absolute atomic E-state index is 0.460. The van der Waals surface area contributed by atoms with Gasteiger partial charge in [-0.2, -0.15) is 21.6 Å². The highest BCUT2D eigenvalue weighted by atomic mass is 32.1. The molecule has 0 aliphatic carbocycles. The van der Waals surface area contributed by atoms with E-state index in [0.717, 1.165) is 16.0 Å². The van der Waals surface area contributed by atoms with Crippen LogP contribution in [0.2, 0.25) is 0 Å². The van der Waals surface area contributed by atoms with Crippen molar-refractivity contribution in [1.29, 1.82) is 5.26 Å². The first-order valence-corrected chi connectivity index (χ1v) is 6.91. The number of hydrogen-bond donors (Lipinski definition) is 0. The number of rotatable bonds is 2. The van der Waals surface area contributed by atoms with Crippen molar-refractivity contribution in [1.82, 2.24) is 10.1 Å². The smallest absolute Gasteiger partial charge is 0.268 e. The Kier molecular flexibility index (Phi) is 2.70. The largest absolute Gasteiger partial charge is 0.333 e. The van der Waals surface area contributed by atoms with E-state index in [2.05, 4.69) is 16.2 Å². The number of aryl methyl sites for hydroxylation is 1. The average Bonchev–Trinajstić information content (AvgIpc) is 3.07. The van der Waals surface area contributed by atoms with Crippen LogP contribution < -0.4 is 0 Å². The van der Waals surface area contributed by atoms with Crippen molar-refractivity contribution >= 4 is 22.7 Å². The second kappa shape index (κ2) is 4.37. The Labute approximate surface area is 111 Å². The second-order valence-corrected chi connectivity index (χ2v) is 5.49. The molecular weight excluding hydrogens is 266 g/mol. The lowest BCUT2D eigenvalue weighted by Gasteiger charge is -1.88. The number of aromatic nitrogens is 2. The van der Waals surface area contributed by atoms with E-state index >= 15 is 0 Å². The van der Waals surface area contributed by atoms with E-state index < -0.39 is 0 Å². The van der Waals surface area contributed by atoms with E-state index in [0.29, 0.717) is 16.6 Å². The standard InChI is InChI=1S/C12H7N3OS2/c1-7-5-17-6-9(7)11-14-12(16-15-11)10-3-2-8(4-13)18-10/h2-3,5-6H,1H3. The predicted molar refractivity (Wildman–Crippen MR) is 70.4 cm³/mol. The van der Waals surface area contributed by atoms with Gasteiger partial charge in [0.15, 0.2) is 0 Å². The quantitative estimate of drug-likeness (QED) is 0.714. The summed E-state index contributed by atoms with van der Waals surface area (Å²) in [6.45, 7) is 2.01. The third kappa shape index (κ3) is 1.83. The van der Waals surface area contributed by atoms with Crippen LogP contribution in [-0.4, -0.2) is 10.1 Å². The summed E-state index contributed by atoms with van der Waals surface area (Å²) in [5.41, 5.74) is 2.13. The van der Waals surface area contributed by atoms with Crippen molar-refractivity contribution in [3.8, 4) is 28.2 Å². The first-order chi connectivity index (χ1) is 8.78. The summed E-state index contributed by atoms with van der Waals surface area (Å²) >= 11 is 2.96. The molecule has 0 radical (unpaired) electrons. The first-order valence-electron chi connectivity index (χ1n) is 5.15. The van der Waals surface area contributed by atoms with Crippen molar-refractivity contribution in [2.24, 2.45) is 0 Å². The van der Waals surface area contributed by atoms with Gasteiger partial charge in [-0.15, -0.1) is 11.3 Å². The fourth-order valence-electron chi connectivity index (χ4n) is 1.54. The van der Waals surface area contributed by atoms with Crippen LogP contribution >= 0.6 is 22.7 Å². The van der Waals surface area contributed by atoms with E-state index in [1.807, 2.05) is 23.8 Å². The van der Waals surface area contributed by atoms with Crippen molar-refractivity contribution in [2.45, 2.75) is 6.92 Å². The Morgan fingerprint density at radius 2 is 2.22 bits per heavy atom. The Morgan fingerprint density at radius 1 is 1.33 bits per heavy atom. The fourth-order valence-corrected chi connectivity index (χ4v) is 3.09. The van der Waals surface area contributed by atoms with Gasteiger partial charge >= 0.3 is 0 Å². The van der Waals surface area contributed by atoms with Gasteiger partial charge in [-0.05, 0) is 30.0 Å². The zero-order valence-corrected chi connectivity index (χ0v) is 11.0. The molecule has 3 aromatic rings. The van der Waals surface area contributed by atoms with E-state index in [9.17, 15) is 0 Å². The molecule has 3 aromatic heterocycles. The van der Waals surface area contributed by atoms with Crippen LogP contribution in [0.25, 0.3) is 22.2 Å². The molecule has 18 heavy (non-hydrogen) atoms.